The summed E-state index contributed by atoms with van der Waals surface area (Å²) in [6.45, 7) is 1.49. The van der Waals surface area contributed by atoms with Gasteiger partial charge in [0, 0.05) is 57.2 Å². The number of amides is 2. The fourth-order valence-corrected chi connectivity index (χ4v) is 4.24. The summed E-state index contributed by atoms with van der Waals surface area (Å²) in [7, 11) is 0. The average Bonchev–Trinajstić information content (AvgIpc) is 3.64. The van der Waals surface area contributed by atoms with Gasteiger partial charge >= 0.3 is 5.97 Å². The molecule has 4 heterocycles. The lowest BCUT2D eigenvalue weighted by Crippen LogP contribution is -2.29. The zero-order valence-corrected chi connectivity index (χ0v) is 21.3. The number of anilines is 1. The van der Waals surface area contributed by atoms with Crippen molar-refractivity contribution in [1.82, 2.24) is 35.1 Å². The molecule has 0 aliphatic carbocycles. The van der Waals surface area contributed by atoms with Crippen LogP contribution in [0.15, 0.2) is 25.0 Å². The van der Waals surface area contributed by atoms with E-state index in [1.54, 1.807) is 23.3 Å². The molecule has 0 bridgehead atoms. The Morgan fingerprint density at radius 2 is 2.08 bits per heavy atom. The minimum absolute atomic E-state index is 0.0339. The van der Waals surface area contributed by atoms with Crippen LogP contribution >= 0.6 is 0 Å². The normalized spacial score (nSPS) is 18.4. The number of aromatic amines is 1. The van der Waals surface area contributed by atoms with Crippen LogP contribution in [0, 0.1) is 11.8 Å². The number of ether oxygens (including phenoxy) is 2. The molecule has 1 aliphatic heterocycles. The maximum absolute atomic E-state index is 12.1. The molecule has 14 heteroatoms. The van der Waals surface area contributed by atoms with Gasteiger partial charge in [-0.3, -0.25) is 14.4 Å². The summed E-state index contributed by atoms with van der Waals surface area (Å²) in [6.07, 6.45) is 5.44. The lowest BCUT2D eigenvalue weighted by Gasteiger charge is -2.15. The number of aliphatic hydroxyl groups excluding tert-OH is 1. The van der Waals surface area contributed by atoms with Crippen molar-refractivity contribution in [2.75, 3.05) is 25.4 Å². The van der Waals surface area contributed by atoms with Gasteiger partial charge in [-0.05, 0) is 0 Å². The first-order valence-electron chi connectivity index (χ1n) is 12.4. The van der Waals surface area contributed by atoms with Crippen molar-refractivity contribution < 1.29 is 29.0 Å². The van der Waals surface area contributed by atoms with Gasteiger partial charge in [-0.15, -0.1) is 0 Å². The van der Waals surface area contributed by atoms with Crippen LogP contribution in [0.1, 0.15) is 43.7 Å². The summed E-state index contributed by atoms with van der Waals surface area (Å²) in [6, 6.07) is 0. The largest absolute Gasteiger partial charge is 0.460 e. The van der Waals surface area contributed by atoms with Crippen molar-refractivity contribution in [2.24, 2.45) is 0 Å². The van der Waals surface area contributed by atoms with Crippen LogP contribution in [-0.4, -0.2) is 79.3 Å². The highest BCUT2D eigenvalue weighted by atomic mass is 16.6. The second-order valence-electron chi connectivity index (χ2n) is 8.86. The van der Waals surface area contributed by atoms with E-state index in [4.69, 9.17) is 15.2 Å². The average molecular weight is 539 g/mol. The number of fused-ring (bicyclic) bond motifs is 1. The Hall–Kier alpha value is -4.48. The van der Waals surface area contributed by atoms with Crippen LogP contribution in [0.25, 0.3) is 11.0 Å². The number of imidazole rings is 1. The molecule has 4 rings (SSSR count). The van der Waals surface area contributed by atoms with E-state index >= 15 is 0 Å². The van der Waals surface area contributed by atoms with Crippen LogP contribution < -0.4 is 16.4 Å². The Labute approximate surface area is 223 Å². The fourth-order valence-electron chi connectivity index (χ4n) is 4.24. The van der Waals surface area contributed by atoms with E-state index in [0.717, 1.165) is 5.69 Å². The minimum Gasteiger partial charge on any atom is -0.460 e. The molecule has 1 fully saturated rings. The highest BCUT2D eigenvalue weighted by Gasteiger charge is 2.39. The molecule has 0 saturated carbocycles. The Morgan fingerprint density at radius 3 is 2.79 bits per heavy atom. The lowest BCUT2D eigenvalue weighted by atomic mass is 10.2. The van der Waals surface area contributed by atoms with Gasteiger partial charge in [0.1, 0.15) is 36.2 Å². The standard InChI is InChI=1S/C25H30N8O6/c1-15(35)38-18-9-22(39-19(18)12-34)33-11-16(23-24(26)31-14-32-25(23)33)3-2-7-28-20(36)4-5-21(37)29-8-6-17-10-27-13-30-17/h10-11,13-14,18-19,22,34H,4-9,12H2,1H3,(H,27,30)(H,28,36)(H,29,37)(H2,26,31,32)/t18-,19+,22+/m0/s1. The molecule has 14 nitrogen and oxygen atoms in total. The number of esters is 1. The maximum atomic E-state index is 12.1. The SMILES string of the molecule is CC(=O)O[C@H]1C[C@H](n2cc(C#CCNC(=O)CCC(=O)NCCc3cnc[nH]3)c3c(N)ncnc32)O[C@@H]1CO. The number of nitrogens with zero attached hydrogens (tertiary/aromatic N) is 4. The number of aromatic nitrogens is 5. The number of carbonyl (C=O) groups excluding carboxylic acids is 3. The van der Waals surface area contributed by atoms with E-state index < -0.39 is 24.4 Å². The number of nitrogen functional groups attached to an aromatic ring is 1. The first kappa shape index (κ1) is 27.6. The van der Waals surface area contributed by atoms with Crippen molar-refractivity contribution in [3.63, 3.8) is 0 Å². The number of carbonyl (C=O) groups is 3. The zero-order chi connectivity index (χ0) is 27.8. The molecule has 206 valence electrons. The first-order valence-corrected chi connectivity index (χ1v) is 12.4. The first-order chi connectivity index (χ1) is 18.9. The van der Waals surface area contributed by atoms with E-state index in [9.17, 15) is 19.5 Å². The lowest BCUT2D eigenvalue weighted by molar-refractivity contribution is -0.150. The van der Waals surface area contributed by atoms with Crippen LogP contribution in [0.3, 0.4) is 0 Å². The summed E-state index contributed by atoms with van der Waals surface area (Å²) in [5.41, 5.74) is 8.01. The molecule has 3 aromatic heterocycles. The van der Waals surface area contributed by atoms with E-state index in [-0.39, 0.29) is 43.6 Å². The molecule has 39 heavy (non-hydrogen) atoms. The monoisotopic (exact) mass is 538 g/mol. The predicted octanol–water partition coefficient (Wildman–Crippen LogP) is -0.445. The Morgan fingerprint density at radius 1 is 1.28 bits per heavy atom. The number of aliphatic hydroxyl groups is 1. The summed E-state index contributed by atoms with van der Waals surface area (Å²) >= 11 is 0. The topological polar surface area (TPSA) is 199 Å². The van der Waals surface area contributed by atoms with Gasteiger partial charge in [0.05, 0.1) is 30.4 Å². The molecule has 0 spiro atoms. The third-order valence-corrected chi connectivity index (χ3v) is 6.07. The molecule has 1 saturated heterocycles. The van der Waals surface area contributed by atoms with Crippen molar-refractivity contribution in [2.45, 2.75) is 51.0 Å². The molecule has 2 amide bonds. The van der Waals surface area contributed by atoms with Gasteiger partial charge < -0.3 is 40.5 Å². The number of nitrogens with one attached hydrogen (secondary N) is 3. The smallest absolute Gasteiger partial charge is 0.302 e. The van der Waals surface area contributed by atoms with Crippen molar-refractivity contribution in [3.05, 3.63) is 36.3 Å². The molecule has 6 N–H and O–H groups in total. The van der Waals surface area contributed by atoms with Crippen LogP contribution in [0.5, 0.6) is 0 Å². The number of nitrogens with two attached hydrogens (primary N) is 1. The molecule has 0 aromatic carbocycles. The van der Waals surface area contributed by atoms with E-state index in [1.165, 1.54) is 13.3 Å². The summed E-state index contributed by atoms with van der Waals surface area (Å²) in [5.74, 6) is 5.10. The molecule has 1 aliphatic rings. The minimum atomic E-state index is -0.682. The Kier molecular flexibility index (Phi) is 9.08. The molecular weight excluding hydrogens is 508 g/mol. The van der Waals surface area contributed by atoms with Crippen LogP contribution in [-0.2, 0) is 30.3 Å². The second kappa shape index (κ2) is 12.9. The third kappa shape index (κ3) is 7.09. The van der Waals surface area contributed by atoms with Gasteiger partial charge in [-0.2, -0.15) is 0 Å². The van der Waals surface area contributed by atoms with Crippen molar-refractivity contribution in [1.29, 1.82) is 0 Å². The van der Waals surface area contributed by atoms with Gasteiger partial charge in [0.25, 0.3) is 0 Å². The summed E-state index contributed by atoms with van der Waals surface area (Å²) in [5, 5.41) is 15.6. The van der Waals surface area contributed by atoms with Crippen LogP contribution in [0.2, 0.25) is 0 Å². The van der Waals surface area contributed by atoms with E-state index in [2.05, 4.69) is 42.4 Å². The molecule has 3 atom stereocenters. The number of rotatable bonds is 10. The van der Waals surface area contributed by atoms with E-state index in [0.29, 0.717) is 36.0 Å². The van der Waals surface area contributed by atoms with Gasteiger partial charge in [-0.1, -0.05) is 11.8 Å². The predicted molar refractivity (Wildman–Crippen MR) is 138 cm³/mol. The fraction of sp³-hybridized carbons (Fsp3) is 0.440. The van der Waals surface area contributed by atoms with Crippen molar-refractivity contribution in [3.8, 4) is 11.8 Å². The highest BCUT2D eigenvalue weighted by Crippen LogP contribution is 2.35. The zero-order valence-electron chi connectivity index (χ0n) is 21.3. The summed E-state index contributed by atoms with van der Waals surface area (Å²) in [4.78, 5) is 50.8. The van der Waals surface area contributed by atoms with Crippen LogP contribution in [0.4, 0.5) is 5.82 Å². The third-order valence-electron chi connectivity index (χ3n) is 6.07. The Bertz CT molecular complexity index is 1380. The van der Waals surface area contributed by atoms with E-state index in [1.807, 2.05) is 0 Å². The van der Waals surface area contributed by atoms with Gasteiger partial charge in [-0.25, -0.2) is 15.0 Å². The Balaban J connectivity index is 1.33. The molecular formula is C25H30N8O6. The number of H-pyrrole nitrogens is 1. The second-order valence-corrected chi connectivity index (χ2v) is 8.86. The molecule has 0 radical (unpaired) electrons. The number of hydrogen-bond acceptors (Lipinski definition) is 10. The quantitative estimate of drug-likeness (QED) is 0.166. The van der Waals surface area contributed by atoms with Gasteiger partial charge in [0.15, 0.2) is 0 Å². The molecule has 3 aromatic rings. The van der Waals surface area contributed by atoms with Crippen molar-refractivity contribution >= 4 is 34.6 Å². The summed E-state index contributed by atoms with van der Waals surface area (Å²) < 4.78 is 12.9. The molecule has 0 unspecified atom stereocenters. The van der Waals surface area contributed by atoms with Gasteiger partial charge in [0.2, 0.25) is 11.8 Å². The number of hydrogen-bond donors (Lipinski definition) is 5. The maximum Gasteiger partial charge on any atom is 0.302 e. The highest BCUT2D eigenvalue weighted by molar-refractivity contribution is 5.92.